The fraction of sp³-hybridized carbons (Fsp3) is 0.200. The van der Waals surface area contributed by atoms with Gasteiger partial charge in [-0.25, -0.2) is 4.98 Å². The predicted octanol–water partition coefficient (Wildman–Crippen LogP) is 3.59. The third kappa shape index (κ3) is 2.82. The lowest BCUT2D eigenvalue weighted by Crippen LogP contribution is -2.48. The molecule has 0 spiro atoms. The zero-order valence-corrected chi connectivity index (χ0v) is 15.8. The number of para-hydroxylation sites is 2. The van der Waals surface area contributed by atoms with Gasteiger partial charge in [0.1, 0.15) is 5.75 Å². The largest absolute Gasteiger partial charge is 0.496 e. The average molecular weight is 392 g/mol. The van der Waals surface area contributed by atoms with E-state index < -0.39 is 0 Å². The van der Waals surface area contributed by atoms with Crippen LogP contribution >= 0.6 is 11.3 Å². The molecule has 2 aromatic heterocycles. The molecule has 0 bridgehead atoms. The SMILES string of the molecule is COc1ccccc1-c1noc(C2CN(C(=O)c3nc4ccccc4s3)C2)n1. The molecule has 8 heteroatoms. The maximum absolute atomic E-state index is 12.7. The van der Waals surface area contributed by atoms with Gasteiger partial charge in [0, 0.05) is 13.1 Å². The summed E-state index contributed by atoms with van der Waals surface area (Å²) in [4.78, 5) is 23.4. The topological polar surface area (TPSA) is 81.4 Å². The van der Waals surface area contributed by atoms with Crippen LogP contribution < -0.4 is 4.74 Å². The van der Waals surface area contributed by atoms with Gasteiger partial charge in [0.25, 0.3) is 5.91 Å². The fourth-order valence-electron chi connectivity index (χ4n) is 3.24. The number of hydrogen-bond acceptors (Lipinski definition) is 7. The van der Waals surface area contributed by atoms with Crippen LogP contribution in [0.25, 0.3) is 21.6 Å². The Morgan fingerprint density at radius 2 is 1.93 bits per heavy atom. The summed E-state index contributed by atoms with van der Waals surface area (Å²) in [5.74, 6) is 1.70. The van der Waals surface area contributed by atoms with E-state index in [0.29, 0.717) is 35.6 Å². The summed E-state index contributed by atoms with van der Waals surface area (Å²) in [6.07, 6.45) is 0. The van der Waals surface area contributed by atoms with Crippen molar-refractivity contribution in [2.24, 2.45) is 0 Å². The highest BCUT2D eigenvalue weighted by molar-refractivity contribution is 7.20. The number of likely N-dealkylation sites (tertiary alicyclic amines) is 1. The number of thiazole rings is 1. The van der Waals surface area contributed by atoms with Crippen LogP contribution in [-0.4, -0.2) is 46.1 Å². The van der Waals surface area contributed by atoms with Crippen LogP contribution in [0.4, 0.5) is 0 Å². The number of carbonyl (C=O) groups is 1. The van der Waals surface area contributed by atoms with Crippen molar-refractivity contribution in [3.05, 3.63) is 59.4 Å². The highest BCUT2D eigenvalue weighted by Gasteiger charge is 2.37. The first-order valence-electron chi connectivity index (χ1n) is 8.85. The van der Waals surface area contributed by atoms with Crippen molar-refractivity contribution in [1.82, 2.24) is 20.0 Å². The third-order valence-corrected chi connectivity index (χ3v) is 5.81. The first-order valence-corrected chi connectivity index (χ1v) is 9.66. The maximum Gasteiger partial charge on any atom is 0.282 e. The van der Waals surface area contributed by atoms with E-state index >= 15 is 0 Å². The summed E-state index contributed by atoms with van der Waals surface area (Å²) in [5.41, 5.74) is 1.63. The van der Waals surface area contributed by atoms with E-state index in [1.165, 1.54) is 11.3 Å². The van der Waals surface area contributed by atoms with E-state index in [2.05, 4.69) is 15.1 Å². The Balaban J connectivity index is 1.29. The molecule has 5 rings (SSSR count). The highest BCUT2D eigenvalue weighted by Crippen LogP contribution is 2.32. The molecule has 0 aliphatic carbocycles. The Labute approximate surface area is 164 Å². The monoisotopic (exact) mass is 392 g/mol. The first-order chi connectivity index (χ1) is 13.7. The smallest absolute Gasteiger partial charge is 0.282 e. The van der Waals surface area contributed by atoms with E-state index in [1.807, 2.05) is 48.5 Å². The third-order valence-electron chi connectivity index (χ3n) is 4.78. The van der Waals surface area contributed by atoms with E-state index in [4.69, 9.17) is 9.26 Å². The number of methoxy groups -OCH3 is 1. The van der Waals surface area contributed by atoms with Crippen LogP contribution in [0.2, 0.25) is 0 Å². The van der Waals surface area contributed by atoms with Gasteiger partial charge in [0.15, 0.2) is 5.01 Å². The Hall–Kier alpha value is -3.26. The lowest BCUT2D eigenvalue weighted by molar-refractivity contribution is 0.0569. The standard InChI is InChI=1S/C20H16N4O3S/c1-26-15-8-4-2-6-13(15)17-22-18(27-23-17)12-10-24(11-12)20(25)19-21-14-7-3-5-9-16(14)28-19/h2-9,12H,10-11H2,1H3. The molecule has 140 valence electrons. The average Bonchev–Trinajstić information content (AvgIpc) is 3.34. The molecule has 0 N–H and O–H groups in total. The van der Waals surface area contributed by atoms with Gasteiger partial charge in [-0.1, -0.05) is 29.4 Å². The number of fused-ring (bicyclic) bond motifs is 1. The van der Waals surface area contributed by atoms with Gasteiger partial charge in [-0.15, -0.1) is 11.3 Å². The maximum atomic E-state index is 12.7. The van der Waals surface area contributed by atoms with Crippen molar-refractivity contribution in [2.75, 3.05) is 20.2 Å². The number of benzene rings is 2. The summed E-state index contributed by atoms with van der Waals surface area (Å²) < 4.78 is 11.8. The summed E-state index contributed by atoms with van der Waals surface area (Å²) in [5, 5.41) is 4.59. The molecule has 0 radical (unpaired) electrons. The van der Waals surface area contributed by atoms with E-state index in [0.717, 1.165) is 15.8 Å². The number of aromatic nitrogens is 3. The molecule has 1 fully saturated rings. The molecule has 2 aromatic carbocycles. The zero-order chi connectivity index (χ0) is 19.1. The molecule has 3 heterocycles. The minimum atomic E-state index is -0.0538. The highest BCUT2D eigenvalue weighted by atomic mass is 32.1. The minimum absolute atomic E-state index is 0.0364. The lowest BCUT2D eigenvalue weighted by atomic mass is 10.00. The molecular formula is C20H16N4O3S. The molecule has 1 aliphatic rings. The van der Waals surface area contributed by atoms with Crippen LogP contribution in [0.3, 0.4) is 0 Å². The molecule has 7 nitrogen and oxygen atoms in total. The molecule has 1 aliphatic heterocycles. The van der Waals surface area contributed by atoms with E-state index in [-0.39, 0.29) is 11.8 Å². The van der Waals surface area contributed by atoms with Crippen LogP contribution in [0.5, 0.6) is 5.75 Å². The first kappa shape index (κ1) is 16.9. The van der Waals surface area contributed by atoms with E-state index in [1.54, 1.807) is 12.0 Å². The van der Waals surface area contributed by atoms with Crippen LogP contribution in [0.15, 0.2) is 53.1 Å². The Morgan fingerprint density at radius 3 is 2.75 bits per heavy atom. The number of carbonyl (C=O) groups excluding carboxylic acids is 1. The van der Waals surface area contributed by atoms with Gasteiger partial charge < -0.3 is 14.2 Å². The second-order valence-corrected chi connectivity index (χ2v) is 7.58. The van der Waals surface area contributed by atoms with Crippen molar-refractivity contribution >= 4 is 27.5 Å². The molecule has 0 atom stereocenters. The van der Waals surface area contributed by atoms with Gasteiger partial charge >= 0.3 is 0 Å². The number of nitrogens with zero attached hydrogens (tertiary/aromatic N) is 4. The van der Waals surface area contributed by atoms with Crippen molar-refractivity contribution in [1.29, 1.82) is 0 Å². The van der Waals surface area contributed by atoms with Crippen LogP contribution in [0.1, 0.15) is 21.6 Å². The minimum Gasteiger partial charge on any atom is -0.496 e. The quantitative estimate of drug-likeness (QED) is 0.528. The van der Waals surface area contributed by atoms with Gasteiger partial charge in [-0.3, -0.25) is 4.79 Å². The molecule has 28 heavy (non-hydrogen) atoms. The van der Waals surface area contributed by atoms with E-state index in [9.17, 15) is 4.79 Å². The molecule has 1 amide bonds. The van der Waals surface area contributed by atoms with Gasteiger partial charge in [-0.05, 0) is 24.3 Å². The normalized spacial score (nSPS) is 14.2. The summed E-state index contributed by atoms with van der Waals surface area (Å²) in [6, 6.07) is 15.3. The summed E-state index contributed by atoms with van der Waals surface area (Å²) >= 11 is 1.42. The van der Waals surface area contributed by atoms with Crippen molar-refractivity contribution in [2.45, 2.75) is 5.92 Å². The van der Waals surface area contributed by atoms with Crippen LogP contribution in [0, 0.1) is 0 Å². The second kappa shape index (κ2) is 6.72. The molecular weight excluding hydrogens is 376 g/mol. The molecule has 0 unspecified atom stereocenters. The number of hydrogen-bond donors (Lipinski definition) is 0. The number of amides is 1. The fourth-order valence-corrected chi connectivity index (χ4v) is 4.17. The van der Waals surface area contributed by atoms with Crippen LogP contribution in [-0.2, 0) is 0 Å². The van der Waals surface area contributed by atoms with Crippen molar-refractivity contribution in [3.63, 3.8) is 0 Å². The Kier molecular flexibility index (Phi) is 4.05. The van der Waals surface area contributed by atoms with Gasteiger partial charge in [0.2, 0.25) is 11.7 Å². The Morgan fingerprint density at radius 1 is 1.14 bits per heavy atom. The number of rotatable bonds is 4. The molecule has 0 saturated carbocycles. The predicted molar refractivity (Wildman–Crippen MR) is 105 cm³/mol. The number of ether oxygens (including phenoxy) is 1. The Bertz CT molecular complexity index is 1130. The second-order valence-electron chi connectivity index (χ2n) is 6.55. The summed E-state index contributed by atoms with van der Waals surface area (Å²) in [6.45, 7) is 1.09. The molecule has 1 saturated heterocycles. The van der Waals surface area contributed by atoms with Crippen molar-refractivity contribution < 1.29 is 14.1 Å². The molecule has 4 aromatic rings. The summed E-state index contributed by atoms with van der Waals surface area (Å²) in [7, 11) is 1.61. The lowest BCUT2D eigenvalue weighted by Gasteiger charge is -2.36. The van der Waals surface area contributed by atoms with Gasteiger partial charge in [0.05, 0.1) is 28.8 Å². The van der Waals surface area contributed by atoms with Crippen molar-refractivity contribution in [3.8, 4) is 17.1 Å². The van der Waals surface area contributed by atoms with Gasteiger partial charge in [-0.2, -0.15) is 4.98 Å². The zero-order valence-electron chi connectivity index (χ0n) is 15.0.